The van der Waals surface area contributed by atoms with Crippen molar-refractivity contribution >= 4 is 5.97 Å². The monoisotopic (exact) mass is 233 g/mol. The SMILES string of the molecule is COC(=O)Cc1cc(C(F)F)c(C)c(F)n1. The van der Waals surface area contributed by atoms with E-state index < -0.39 is 23.9 Å². The Morgan fingerprint density at radius 3 is 2.69 bits per heavy atom. The molecular weight excluding hydrogens is 223 g/mol. The molecule has 3 nitrogen and oxygen atoms in total. The fraction of sp³-hybridized carbons (Fsp3) is 0.400. The fourth-order valence-corrected chi connectivity index (χ4v) is 1.19. The van der Waals surface area contributed by atoms with Crippen molar-refractivity contribution < 1.29 is 22.7 Å². The highest BCUT2D eigenvalue weighted by Crippen LogP contribution is 2.24. The second-order valence-electron chi connectivity index (χ2n) is 3.17. The van der Waals surface area contributed by atoms with Crippen molar-refractivity contribution in [3.05, 3.63) is 28.8 Å². The van der Waals surface area contributed by atoms with Crippen LogP contribution in [0.4, 0.5) is 13.2 Å². The van der Waals surface area contributed by atoms with Gasteiger partial charge in [0, 0.05) is 11.1 Å². The molecule has 0 saturated heterocycles. The summed E-state index contributed by atoms with van der Waals surface area (Å²) >= 11 is 0. The number of esters is 1. The largest absolute Gasteiger partial charge is 0.469 e. The van der Waals surface area contributed by atoms with E-state index in [1.807, 2.05) is 0 Å². The van der Waals surface area contributed by atoms with Crippen LogP contribution in [0.2, 0.25) is 0 Å². The molecule has 0 atom stereocenters. The molecule has 0 aliphatic carbocycles. The second kappa shape index (κ2) is 4.96. The number of carbonyl (C=O) groups is 1. The van der Waals surface area contributed by atoms with Crippen molar-refractivity contribution in [2.45, 2.75) is 19.8 Å². The molecule has 16 heavy (non-hydrogen) atoms. The zero-order valence-corrected chi connectivity index (χ0v) is 8.76. The van der Waals surface area contributed by atoms with Crippen LogP contribution in [0, 0.1) is 12.9 Å². The number of pyridine rings is 1. The number of ether oxygens (including phenoxy) is 1. The van der Waals surface area contributed by atoms with E-state index in [1.54, 1.807) is 0 Å². The molecule has 0 N–H and O–H groups in total. The zero-order chi connectivity index (χ0) is 12.3. The van der Waals surface area contributed by atoms with Crippen molar-refractivity contribution in [2.24, 2.45) is 0 Å². The van der Waals surface area contributed by atoms with Gasteiger partial charge < -0.3 is 4.74 Å². The summed E-state index contributed by atoms with van der Waals surface area (Å²) in [4.78, 5) is 14.3. The predicted octanol–water partition coefficient (Wildman–Crippen LogP) is 2.18. The molecular formula is C10H10F3NO2. The summed E-state index contributed by atoms with van der Waals surface area (Å²) in [5.41, 5.74) is -0.722. The van der Waals surface area contributed by atoms with E-state index in [1.165, 1.54) is 6.92 Å². The van der Waals surface area contributed by atoms with Gasteiger partial charge in [-0.15, -0.1) is 0 Å². The summed E-state index contributed by atoms with van der Waals surface area (Å²) in [6.45, 7) is 1.21. The molecule has 1 rings (SSSR count). The molecule has 0 unspecified atom stereocenters. The Labute approximate surface area is 90.2 Å². The fourth-order valence-electron chi connectivity index (χ4n) is 1.19. The summed E-state index contributed by atoms with van der Waals surface area (Å²) in [6.07, 6.45) is -3.12. The van der Waals surface area contributed by atoms with Crippen LogP contribution in [-0.2, 0) is 16.0 Å². The minimum Gasteiger partial charge on any atom is -0.469 e. The van der Waals surface area contributed by atoms with E-state index in [2.05, 4.69) is 9.72 Å². The van der Waals surface area contributed by atoms with Gasteiger partial charge in [0.25, 0.3) is 6.43 Å². The van der Waals surface area contributed by atoms with Gasteiger partial charge in [0.1, 0.15) is 0 Å². The maximum atomic E-state index is 13.2. The highest BCUT2D eigenvalue weighted by Gasteiger charge is 2.17. The van der Waals surface area contributed by atoms with Crippen LogP contribution in [0.15, 0.2) is 6.07 Å². The quantitative estimate of drug-likeness (QED) is 0.593. The van der Waals surface area contributed by atoms with Crippen molar-refractivity contribution in [2.75, 3.05) is 7.11 Å². The number of hydrogen-bond donors (Lipinski definition) is 0. The minimum absolute atomic E-state index is 0.0646. The van der Waals surface area contributed by atoms with Crippen molar-refractivity contribution in [1.29, 1.82) is 0 Å². The van der Waals surface area contributed by atoms with Gasteiger partial charge in [0.15, 0.2) is 0 Å². The lowest BCUT2D eigenvalue weighted by atomic mass is 10.1. The van der Waals surface area contributed by atoms with E-state index in [0.29, 0.717) is 0 Å². The predicted molar refractivity (Wildman–Crippen MR) is 49.6 cm³/mol. The lowest BCUT2D eigenvalue weighted by Crippen LogP contribution is -2.09. The van der Waals surface area contributed by atoms with E-state index >= 15 is 0 Å². The Kier molecular flexibility index (Phi) is 3.87. The van der Waals surface area contributed by atoms with Crippen LogP contribution in [-0.4, -0.2) is 18.1 Å². The van der Waals surface area contributed by atoms with Gasteiger partial charge >= 0.3 is 5.97 Å². The molecule has 6 heteroatoms. The molecule has 1 heterocycles. The molecule has 1 aromatic rings. The average Bonchev–Trinajstić information content (AvgIpc) is 2.22. The van der Waals surface area contributed by atoms with Gasteiger partial charge in [-0.05, 0) is 13.0 Å². The van der Waals surface area contributed by atoms with Crippen LogP contribution in [0.1, 0.15) is 23.2 Å². The van der Waals surface area contributed by atoms with Gasteiger partial charge in [-0.1, -0.05) is 0 Å². The lowest BCUT2D eigenvalue weighted by Gasteiger charge is -2.07. The summed E-state index contributed by atoms with van der Waals surface area (Å²) in [5.74, 6) is -1.65. The molecule has 0 radical (unpaired) electrons. The minimum atomic E-state index is -2.80. The first-order valence-corrected chi connectivity index (χ1v) is 4.46. The molecule has 0 aliphatic heterocycles. The van der Waals surface area contributed by atoms with Crippen LogP contribution >= 0.6 is 0 Å². The highest BCUT2D eigenvalue weighted by molar-refractivity contribution is 5.71. The molecule has 0 amide bonds. The van der Waals surface area contributed by atoms with Crippen LogP contribution in [0.3, 0.4) is 0 Å². The number of rotatable bonds is 3. The van der Waals surface area contributed by atoms with Crippen molar-refractivity contribution in [3.63, 3.8) is 0 Å². The first-order chi connectivity index (χ1) is 7.45. The smallest absolute Gasteiger partial charge is 0.311 e. The van der Waals surface area contributed by atoms with Gasteiger partial charge in [0.05, 0.1) is 19.2 Å². The lowest BCUT2D eigenvalue weighted by molar-refractivity contribution is -0.139. The summed E-state index contributed by atoms with van der Waals surface area (Å²) < 4.78 is 42.5. The topological polar surface area (TPSA) is 39.2 Å². The third-order valence-corrected chi connectivity index (χ3v) is 2.09. The van der Waals surface area contributed by atoms with Crippen LogP contribution in [0.5, 0.6) is 0 Å². The Bertz CT molecular complexity index is 407. The first kappa shape index (κ1) is 12.5. The number of hydrogen-bond acceptors (Lipinski definition) is 3. The molecule has 0 aliphatic rings. The maximum absolute atomic E-state index is 13.2. The second-order valence-corrected chi connectivity index (χ2v) is 3.17. The van der Waals surface area contributed by atoms with Gasteiger partial charge in [-0.2, -0.15) is 4.39 Å². The van der Waals surface area contributed by atoms with Gasteiger partial charge in [-0.3, -0.25) is 4.79 Å². The Hall–Kier alpha value is -1.59. The van der Waals surface area contributed by atoms with E-state index in [4.69, 9.17) is 0 Å². The molecule has 0 bridgehead atoms. The van der Waals surface area contributed by atoms with E-state index in [0.717, 1.165) is 13.2 Å². The molecule has 0 fully saturated rings. The number of carbonyl (C=O) groups excluding carboxylic acids is 1. The molecule has 0 aromatic carbocycles. The third-order valence-electron chi connectivity index (χ3n) is 2.09. The standard InChI is InChI=1S/C10H10F3NO2/c1-5-7(9(11)12)3-6(14-10(5)13)4-8(15)16-2/h3,9H,4H2,1-2H3. The normalized spacial score (nSPS) is 10.6. The van der Waals surface area contributed by atoms with E-state index in [9.17, 15) is 18.0 Å². The Balaban J connectivity index is 3.09. The summed E-state index contributed by atoms with van der Waals surface area (Å²) in [6, 6.07) is 1.01. The maximum Gasteiger partial charge on any atom is 0.311 e. The van der Waals surface area contributed by atoms with Crippen molar-refractivity contribution in [1.82, 2.24) is 4.98 Å². The zero-order valence-electron chi connectivity index (χ0n) is 8.76. The van der Waals surface area contributed by atoms with Gasteiger partial charge in [0.2, 0.25) is 5.95 Å². The number of alkyl halides is 2. The molecule has 88 valence electrons. The van der Waals surface area contributed by atoms with Crippen LogP contribution < -0.4 is 0 Å². The van der Waals surface area contributed by atoms with E-state index in [-0.39, 0.29) is 17.7 Å². The highest BCUT2D eigenvalue weighted by atomic mass is 19.3. The van der Waals surface area contributed by atoms with Crippen molar-refractivity contribution in [3.8, 4) is 0 Å². The average molecular weight is 233 g/mol. The summed E-state index contributed by atoms with van der Waals surface area (Å²) in [7, 11) is 1.15. The van der Waals surface area contributed by atoms with Crippen LogP contribution in [0.25, 0.3) is 0 Å². The Morgan fingerprint density at radius 2 is 2.19 bits per heavy atom. The molecule has 1 aromatic heterocycles. The number of nitrogens with zero attached hydrogens (tertiary/aromatic N) is 1. The number of aromatic nitrogens is 1. The molecule has 0 saturated carbocycles. The Morgan fingerprint density at radius 1 is 1.56 bits per heavy atom. The molecule has 0 spiro atoms. The number of methoxy groups -OCH3 is 1. The third kappa shape index (κ3) is 2.71. The first-order valence-electron chi connectivity index (χ1n) is 4.46. The van der Waals surface area contributed by atoms with Gasteiger partial charge in [-0.25, -0.2) is 13.8 Å². The summed E-state index contributed by atoms with van der Waals surface area (Å²) in [5, 5.41) is 0. The number of halogens is 3.